The van der Waals surface area contributed by atoms with Crippen LogP contribution in [-0.4, -0.2) is 36.1 Å². The van der Waals surface area contributed by atoms with Crippen molar-refractivity contribution in [2.24, 2.45) is 0 Å². The van der Waals surface area contributed by atoms with E-state index in [2.05, 4.69) is 35.5 Å². The van der Waals surface area contributed by atoms with Crippen molar-refractivity contribution >= 4 is 17.4 Å². The van der Waals surface area contributed by atoms with E-state index in [0.717, 1.165) is 11.5 Å². The third-order valence-corrected chi connectivity index (χ3v) is 2.93. The standard InChI is InChI=1S/C9H13N7OS/c1-9(2,3)7-6(18-16-13-7)8(17)10-4-5-11-14-15-12-5/h4H2,1-3H3,(H,10,17)(H,11,12,14,15). The molecule has 2 rings (SSSR count). The van der Waals surface area contributed by atoms with E-state index in [-0.39, 0.29) is 17.9 Å². The average Bonchev–Trinajstić information content (AvgIpc) is 2.95. The Bertz CT molecular complexity index is 527. The molecule has 0 saturated carbocycles. The van der Waals surface area contributed by atoms with Gasteiger partial charge in [-0.1, -0.05) is 30.5 Å². The summed E-state index contributed by atoms with van der Waals surface area (Å²) in [6.45, 7) is 6.18. The summed E-state index contributed by atoms with van der Waals surface area (Å²) in [5.41, 5.74) is 0.476. The molecule has 0 aliphatic carbocycles. The minimum atomic E-state index is -0.222. The molecule has 2 aromatic rings. The van der Waals surface area contributed by atoms with Gasteiger partial charge in [0.25, 0.3) is 5.91 Å². The van der Waals surface area contributed by atoms with Crippen molar-refractivity contribution in [3.05, 3.63) is 16.4 Å². The van der Waals surface area contributed by atoms with Gasteiger partial charge in [-0.15, -0.1) is 15.3 Å². The average molecular weight is 267 g/mol. The van der Waals surface area contributed by atoms with Crippen molar-refractivity contribution in [2.45, 2.75) is 32.7 Å². The number of H-pyrrole nitrogens is 1. The fourth-order valence-electron chi connectivity index (χ4n) is 1.33. The van der Waals surface area contributed by atoms with Gasteiger partial charge in [0.15, 0.2) is 5.82 Å². The topological polar surface area (TPSA) is 109 Å². The molecule has 0 fully saturated rings. The van der Waals surface area contributed by atoms with Crippen molar-refractivity contribution in [2.75, 3.05) is 0 Å². The highest BCUT2D eigenvalue weighted by molar-refractivity contribution is 7.08. The van der Waals surface area contributed by atoms with Gasteiger partial charge < -0.3 is 5.32 Å². The second-order valence-corrected chi connectivity index (χ2v) is 5.47. The lowest BCUT2D eigenvalue weighted by Gasteiger charge is -2.15. The maximum atomic E-state index is 12.0. The lowest BCUT2D eigenvalue weighted by molar-refractivity contribution is 0.0951. The number of hydrogen-bond donors (Lipinski definition) is 2. The van der Waals surface area contributed by atoms with E-state index in [1.165, 1.54) is 0 Å². The molecular weight excluding hydrogens is 254 g/mol. The van der Waals surface area contributed by atoms with Crippen molar-refractivity contribution < 1.29 is 4.79 Å². The van der Waals surface area contributed by atoms with Crippen LogP contribution in [-0.2, 0) is 12.0 Å². The van der Waals surface area contributed by atoms with E-state index in [1.54, 1.807) is 0 Å². The van der Waals surface area contributed by atoms with E-state index in [9.17, 15) is 4.79 Å². The lowest BCUT2D eigenvalue weighted by atomic mass is 9.91. The summed E-state index contributed by atoms with van der Waals surface area (Å²) < 4.78 is 3.84. The molecule has 0 radical (unpaired) electrons. The van der Waals surface area contributed by atoms with Crippen LogP contribution in [0.15, 0.2) is 0 Å². The van der Waals surface area contributed by atoms with Gasteiger partial charge in [-0.25, -0.2) is 0 Å². The maximum Gasteiger partial charge on any atom is 0.265 e. The summed E-state index contributed by atoms with van der Waals surface area (Å²) >= 11 is 1.08. The fraction of sp³-hybridized carbons (Fsp3) is 0.556. The Morgan fingerprint density at radius 2 is 2.17 bits per heavy atom. The molecule has 8 nitrogen and oxygen atoms in total. The first-order valence-corrected chi connectivity index (χ1v) is 6.09. The van der Waals surface area contributed by atoms with Gasteiger partial charge in [-0.3, -0.25) is 4.79 Å². The molecule has 1 amide bonds. The van der Waals surface area contributed by atoms with Crippen LogP contribution in [0, 0.1) is 0 Å². The Morgan fingerprint density at radius 1 is 1.39 bits per heavy atom. The molecule has 0 unspecified atom stereocenters. The van der Waals surface area contributed by atoms with Gasteiger partial charge in [0, 0.05) is 5.41 Å². The van der Waals surface area contributed by atoms with Crippen molar-refractivity contribution in [3.8, 4) is 0 Å². The molecule has 2 heterocycles. The van der Waals surface area contributed by atoms with Crippen molar-refractivity contribution in [3.63, 3.8) is 0 Å². The smallest absolute Gasteiger partial charge is 0.265 e. The zero-order valence-corrected chi connectivity index (χ0v) is 11.1. The van der Waals surface area contributed by atoms with Gasteiger partial charge in [-0.05, 0) is 11.5 Å². The van der Waals surface area contributed by atoms with Crippen LogP contribution in [0.3, 0.4) is 0 Å². The number of carbonyl (C=O) groups is 1. The van der Waals surface area contributed by atoms with Crippen molar-refractivity contribution in [1.29, 1.82) is 0 Å². The molecule has 96 valence electrons. The predicted molar refractivity (Wildman–Crippen MR) is 64.0 cm³/mol. The molecular formula is C9H13N7OS. The molecule has 0 spiro atoms. The summed E-state index contributed by atoms with van der Waals surface area (Å²) in [7, 11) is 0. The molecule has 0 bridgehead atoms. The second kappa shape index (κ2) is 4.77. The molecule has 0 atom stereocenters. The number of rotatable bonds is 3. The molecule has 0 aliphatic rings. The number of tetrazole rings is 1. The van der Waals surface area contributed by atoms with E-state index in [1.807, 2.05) is 20.8 Å². The minimum absolute atomic E-state index is 0.216. The highest BCUT2D eigenvalue weighted by Gasteiger charge is 2.26. The van der Waals surface area contributed by atoms with Gasteiger partial charge in [0.1, 0.15) is 4.88 Å². The minimum Gasteiger partial charge on any atom is -0.344 e. The largest absolute Gasteiger partial charge is 0.344 e. The number of amides is 1. The van der Waals surface area contributed by atoms with E-state index in [4.69, 9.17) is 0 Å². The second-order valence-electron chi connectivity index (χ2n) is 4.71. The molecule has 18 heavy (non-hydrogen) atoms. The normalized spacial score (nSPS) is 11.5. The molecule has 9 heteroatoms. The summed E-state index contributed by atoms with van der Waals surface area (Å²) in [5, 5.41) is 19.9. The van der Waals surface area contributed by atoms with Crippen LogP contribution in [0.25, 0.3) is 0 Å². The first-order chi connectivity index (χ1) is 8.48. The van der Waals surface area contributed by atoms with Crippen LogP contribution in [0.4, 0.5) is 0 Å². The Labute approximate surface area is 107 Å². The number of nitrogens with one attached hydrogen (secondary N) is 2. The first-order valence-electron chi connectivity index (χ1n) is 5.32. The third kappa shape index (κ3) is 2.67. The Balaban J connectivity index is 2.08. The predicted octanol–water partition coefficient (Wildman–Crippen LogP) is 0.279. The van der Waals surface area contributed by atoms with E-state index < -0.39 is 0 Å². The number of aromatic amines is 1. The number of hydrogen-bond acceptors (Lipinski definition) is 7. The number of carbonyl (C=O) groups excluding carboxylic acids is 1. The van der Waals surface area contributed by atoms with Crippen molar-refractivity contribution in [1.82, 2.24) is 35.5 Å². The van der Waals surface area contributed by atoms with Gasteiger partial charge in [0.2, 0.25) is 0 Å². The van der Waals surface area contributed by atoms with Crippen LogP contribution >= 0.6 is 11.5 Å². The van der Waals surface area contributed by atoms with Crippen LogP contribution in [0.5, 0.6) is 0 Å². The van der Waals surface area contributed by atoms with Crippen LogP contribution < -0.4 is 5.32 Å². The highest BCUT2D eigenvalue weighted by atomic mass is 32.1. The van der Waals surface area contributed by atoms with Gasteiger partial charge >= 0.3 is 0 Å². The zero-order chi connectivity index (χ0) is 13.2. The number of aromatic nitrogens is 6. The van der Waals surface area contributed by atoms with Crippen LogP contribution in [0.1, 0.15) is 42.0 Å². The third-order valence-electron chi connectivity index (χ3n) is 2.20. The highest BCUT2D eigenvalue weighted by Crippen LogP contribution is 2.25. The molecule has 0 saturated heterocycles. The summed E-state index contributed by atoms with van der Waals surface area (Å²) in [6, 6.07) is 0. The molecule has 2 N–H and O–H groups in total. The summed E-state index contributed by atoms with van der Waals surface area (Å²) in [6.07, 6.45) is 0. The van der Waals surface area contributed by atoms with Gasteiger partial charge in [0.05, 0.1) is 12.2 Å². The fourth-order valence-corrected chi connectivity index (χ4v) is 2.12. The Hall–Kier alpha value is -1.90. The maximum absolute atomic E-state index is 12.0. The SMILES string of the molecule is CC(C)(C)c1nnsc1C(=O)NCc1nn[nH]n1. The van der Waals surface area contributed by atoms with E-state index in [0.29, 0.717) is 16.4 Å². The zero-order valence-electron chi connectivity index (χ0n) is 10.3. The molecule has 2 aromatic heterocycles. The molecule has 0 aromatic carbocycles. The van der Waals surface area contributed by atoms with E-state index >= 15 is 0 Å². The summed E-state index contributed by atoms with van der Waals surface area (Å²) in [5.74, 6) is 0.206. The summed E-state index contributed by atoms with van der Waals surface area (Å²) in [4.78, 5) is 12.5. The van der Waals surface area contributed by atoms with Gasteiger partial charge in [-0.2, -0.15) is 5.21 Å². The Morgan fingerprint density at radius 3 is 2.78 bits per heavy atom. The monoisotopic (exact) mass is 267 g/mol. The van der Waals surface area contributed by atoms with Crippen LogP contribution in [0.2, 0.25) is 0 Å². The quantitative estimate of drug-likeness (QED) is 0.826. The Kier molecular flexibility index (Phi) is 3.32. The number of nitrogens with zero attached hydrogens (tertiary/aromatic N) is 5. The first kappa shape index (κ1) is 12.6. The molecule has 0 aliphatic heterocycles. The lowest BCUT2D eigenvalue weighted by Crippen LogP contribution is -2.26.